The van der Waals surface area contributed by atoms with Gasteiger partial charge in [-0.15, -0.1) is 0 Å². The highest BCUT2D eigenvalue weighted by atomic mass is 31.2. The molecule has 0 atom stereocenters. The standard InChI is InChI=1S/C8H11O6P/c1-2-7(9)11-3-8-4-12-15(10,13-5-8)14-6-8/h2H,1,3-6H2. The molecular formula is C8H11O6P. The molecule has 0 radical (unpaired) electrons. The number of carbonyl (C=O) groups excluding carboxylic acids is 1. The molecule has 3 saturated heterocycles. The number of carbonyl (C=O) groups is 1. The van der Waals surface area contributed by atoms with Gasteiger partial charge in [0.1, 0.15) is 6.61 Å². The minimum Gasteiger partial charge on any atom is -0.462 e. The summed E-state index contributed by atoms with van der Waals surface area (Å²) in [4.78, 5) is 10.9. The van der Waals surface area contributed by atoms with Crippen LogP contribution in [0.4, 0.5) is 0 Å². The number of fused-ring (bicyclic) bond motifs is 3. The smallest absolute Gasteiger partial charge is 0.462 e. The first kappa shape index (κ1) is 10.8. The predicted octanol–water partition coefficient (Wildman–Crippen LogP) is 0.887. The lowest BCUT2D eigenvalue weighted by Gasteiger charge is -2.43. The highest BCUT2D eigenvalue weighted by Crippen LogP contribution is 2.59. The summed E-state index contributed by atoms with van der Waals surface area (Å²) in [5.41, 5.74) is -0.537. The van der Waals surface area contributed by atoms with Crippen LogP contribution in [-0.4, -0.2) is 32.4 Å². The van der Waals surface area contributed by atoms with Crippen LogP contribution in [0.2, 0.25) is 0 Å². The van der Waals surface area contributed by atoms with E-state index in [0.29, 0.717) is 0 Å². The van der Waals surface area contributed by atoms with Gasteiger partial charge in [-0.3, -0.25) is 13.6 Å². The average molecular weight is 234 g/mol. The molecule has 84 valence electrons. The van der Waals surface area contributed by atoms with Crippen LogP contribution in [0.15, 0.2) is 12.7 Å². The van der Waals surface area contributed by atoms with Gasteiger partial charge in [-0.2, -0.15) is 0 Å². The van der Waals surface area contributed by atoms with Crippen LogP contribution in [0.5, 0.6) is 0 Å². The first-order valence-electron chi connectivity index (χ1n) is 4.40. The SMILES string of the molecule is C=CC(=O)OCC12COP(=O)(OC1)OC2. The molecule has 0 saturated carbocycles. The molecule has 3 fully saturated rings. The Morgan fingerprint density at radius 1 is 1.40 bits per heavy atom. The van der Waals surface area contributed by atoms with Gasteiger partial charge in [0.25, 0.3) is 0 Å². The summed E-state index contributed by atoms with van der Waals surface area (Å²) < 4.78 is 31.1. The highest BCUT2D eigenvalue weighted by Gasteiger charge is 2.51. The minimum atomic E-state index is -3.29. The molecule has 3 rings (SSSR count). The Kier molecular flexibility index (Phi) is 2.68. The normalized spacial score (nSPS) is 38.7. The van der Waals surface area contributed by atoms with Crippen molar-refractivity contribution in [3.05, 3.63) is 12.7 Å². The topological polar surface area (TPSA) is 71.1 Å². The van der Waals surface area contributed by atoms with Crippen LogP contribution < -0.4 is 0 Å². The van der Waals surface area contributed by atoms with E-state index in [2.05, 4.69) is 6.58 Å². The summed E-state index contributed by atoms with van der Waals surface area (Å²) in [7, 11) is -3.29. The summed E-state index contributed by atoms with van der Waals surface area (Å²) in [5.74, 6) is -0.510. The summed E-state index contributed by atoms with van der Waals surface area (Å²) in [5, 5.41) is 0. The lowest BCUT2D eigenvalue weighted by molar-refractivity contribution is -0.154. The van der Waals surface area contributed by atoms with Crippen molar-refractivity contribution in [3.63, 3.8) is 0 Å². The molecule has 7 heteroatoms. The molecule has 0 amide bonds. The van der Waals surface area contributed by atoms with E-state index in [-0.39, 0.29) is 26.4 Å². The molecule has 3 aliphatic rings. The Hall–Kier alpha value is -0.680. The number of esters is 1. The van der Waals surface area contributed by atoms with E-state index in [1.54, 1.807) is 0 Å². The van der Waals surface area contributed by atoms with Gasteiger partial charge >= 0.3 is 13.8 Å². The van der Waals surface area contributed by atoms with Crippen LogP contribution in [0.1, 0.15) is 0 Å². The van der Waals surface area contributed by atoms with Crippen molar-refractivity contribution in [2.24, 2.45) is 5.41 Å². The van der Waals surface area contributed by atoms with Crippen molar-refractivity contribution in [3.8, 4) is 0 Å². The van der Waals surface area contributed by atoms with Gasteiger partial charge in [-0.05, 0) is 0 Å². The Morgan fingerprint density at radius 3 is 2.40 bits per heavy atom. The van der Waals surface area contributed by atoms with E-state index in [9.17, 15) is 9.36 Å². The molecule has 0 aromatic rings. The zero-order chi connectivity index (χ0) is 10.9. The first-order chi connectivity index (χ1) is 7.08. The fourth-order valence-corrected chi connectivity index (χ4v) is 2.81. The molecule has 0 N–H and O–H groups in total. The second-order valence-electron chi connectivity index (χ2n) is 3.58. The zero-order valence-electron chi connectivity index (χ0n) is 8.01. The summed E-state index contributed by atoms with van der Waals surface area (Å²) in [6, 6.07) is 0. The van der Waals surface area contributed by atoms with Crippen LogP contribution in [0.3, 0.4) is 0 Å². The molecule has 2 bridgehead atoms. The van der Waals surface area contributed by atoms with Crippen molar-refractivity contribution in [1.29, 1.82) is 0 Å². The largest absolute Gasteiger partial charge is 0.474 e. The highest BCUT2D eigenvalue weighted by molar-refractivity contribution is 7.48. The van der Waals surface area contributed by atoms with E-state index in [1.807, 2.05) is 0 Å². The summed E-state index contributed by atoms with van der Waals surface area (Å²) in [6.07, 6.45) is 1.08. The maximum absolute atomic E-state index is 11.4. The Bertz CT molecular complexity index is 307. The van der Waals surface area contributed by atoms with Crippen molar-refractivity contribution < 1.29 is 27.7 Å². The van der Waals surface area contributed by atoms with Gasteiger partial charge in [0.15, 0.2) is 0 Å². The fourth-order valence-electron chi connectivity index (χ4n) is 1.29. The van der Waals surface area contributed by atoms with Crippen molar-refractivity contribution in [2.45, 2.75) is 0 Å². The number of hydrogen-bond acceptors (Lipinski definition) is 6. The molecule has 3 aliphatic heterocycles. The number of hydrogen-bond donors (Lipinski definition) is 0. The summed E-state index contributed by atoms with van der Waals surface area (Å²) >= 11 is 0. The number of phosphoric acid groups is 1. The van der Waals surface area contributed by atoms with Crippen LogP contribution in [-0.2, 0) is 27.7 Å². The van der Waals surface area contributed by atoms with Crippen molar-refractivity contribution in [2.75, 3.05) is 26.4 Å². The van der Waals surface area contributed by atoms with Crippen molar-refractivity contribution in [1.82, 2.24) is 0 Å². The van der Waals surface area contributed by atoms with Crippen molar-refractivity contribution >= 4 is 13.8 Å². The van der Waals surface area contributed by atoms with Gasteiger partial charge in [0.05, 0.1) is 25.2 Å². The first-order valence-corrected chi connectivity index (χ1v) is 5.86. The minimum absolute atomic E-state index is 0.109. The van der Waals surface area contributed by atoms with Gasteiger partial charge < -0.3 is 4.74 Å². The molecule has 0 aromatic heterocycles. The van der Waals surface area contributed by atoms with E-state index < -0.39 is 19.2 Å². The molecule has 0 aromatic carbocycles. The molecule has 0 spiro atoms. The monoisotopic (exact) mass is 234 g/mol. The van der Waals surface area contributed by atoms with Crippen LogP contribution >= 0.6 is 7.82 Å². The van der Waals surface area contributed by atoms with Gasteiger partial charge in [0, 0.05) is 6.08 Å². The third-order valence-electron chi connectivity index (χ3n) is 2.27. The van der Waals surface area contributed by atoms with Gasteiger partial charge in [-0.25, -0.2) is 9.36 Å². The van der Waals surface area contributed by atoms with Gasteiger partial charge in [0.2, 0.25) is 0 Å². The third-order valence-corrected chi connectivity index (χ3v) is 3.61. The second kappa shape index (κ2) is 3.72. The summed E-state index contributed by atoms with van der Waals surface area (Å²) in [6.45, 7) is 4.04. The lowest BCUT2D eigenvalue weighted by atomic mass is 9.92. The molecular weight excluding hydrogens is 223 g/mol. The maximum atomic E-state index is 11.4. The molecule has 15 heavy (non-hydrogen) atoms. The van der Waals surface area contributed by atoms with Crippen LogP contribution in [0.25, 0.3) is 0 Å². The van der Waals surface area contributed by atoms with E-state index in [4.69, 9.17) is 18.3 Å². The molecule has 6 nitrogen and oxygen atoms in total. The van der Waals surface area contributed by atoms with E-state index in [1.165, 1.54) is 0 Å². The van der Waals surface area contributed by atoms with E-state index >= 15 is 0 Å². The Labute approximate surface area is 86.8 Å². The van der Waals surface area contributed by atoms with Crippen LogP contribution in [0, 0.1) is 5.41 Å². The molecule has 0 unspecified atom stereocenters. The zero-order valence-corrected chi connectivity index (χ0v) is 8.90. The van der Waals surface area contributed by atoms with Gasteiger partial charge in [-0.1, -0.05) is 6.58 Å². The average Bonchev–Trinajstić information content (AvgIpc) is 2.28. The Morgan fingerprint density at radius 2 is 1.93 bits per heavy atom. The third kappa shape index (κ3) is 2.13. The fraction of sp³-hybridized carbons (Fsp3) is 0.625. The Balaban J connectivity index is 1.95. The number of rotatable bonds is 3. The molecule has 3 heterocycles. The molecule has 0 aliphatic carbocycles. The predicted molar refractivity (Wildman–Crippen MR) is 49.1 cm³/mol. The quantitative estimate of drug-likeness (QED) is 0.410. The second-order valence-corrected chi connectivity index (χ2v) is 5.25. The lowest BCUT2D eigenvalue weighted by Crippen LogP contribution is -2.48. The number of ether oxygens (including phenoxy) is 1. The van der Waals surface area contributed by atoms with E-state index in [0.717, 1.165) is 6.08 Å². The maximum Gasteiger partial charge on any atom is 0.474 e. The number of phosphoric ester groups is 1.